The van der Waals surface area contributed by atoms with Crippen molar-refractivity contribution in [2.24, 2.45) is 5.41 Å². The Morgan fingerprint density at radius 1 is 1.15 bits per heavy atom. The molecule has 3 aromatic rings. The number of halogens is 4. The van der Waals surface area contributed by atoms with E-state index >= 15 is 4.39 Å². The second-order valence-electron chi connectivity index (χ2n) is 9.68. The largest absolute Gasteiger partial charge is 0.418 e. The number of aromatic nitrogens is 2. The SMILES string of the molecule is CC(C)(C)Cn1cc(CNS(=O)(=O)C2CC2)c2cc(F)c(-c3ccncc3C(F)(F)F)cc21. The van der Waals surface area contributed by atoms with Gasteiger partial charge in [0.2, 0.25) is 10.0 Å². The van der Waals surface area contributed by atoms with Crippen LogP contribution in [0, 0.1) is 11.2 Å². The fraction of sp³-hybridized carbons (Fsp3) is 0.435. The lowest BCUT2D eigenvalue weighted by molar-refractivity contribution is -0.137. The Bertz CT molecular complexity index is 1300. The van der Waals surface area contributed by atoms with E-state index in [4.69, 9.17) is 0 Å². The minimum atomic E-state index is -4.69. The third kappa shape index (κ3) is 5.06. The summed E-state index contributed by atoms with van der Waals surface area (Å²) in [6.07, 6.45) is 0.168. The van der Waals surface area contributed by atoms with E-state index in [2.05, 4.69) is 9.71 Å². The summed E-state index contributed by atoms with van der Waals surface area (Å²) in [5.41, 5.74) is -0.581. The maximum Gasteiger partial charge on any atom is 0.418 e. The zero-order valence-electron chi connectivity index (χ0n) is 18.5. The predicted octanol–water partition coefficient (Wildman–Crippen LogP) is 5.49. The highest BCUT2D eigenvalue weighted by atomic mass is 32.2. The Morgan fingerprint density at radius 2 is 1.85 bits per heavy atom. The van der Waals surface area contributed by atoms with Crippen molar-refractivity contribution in [3.63, 3.8) is 0 Å². The minimum Gasteiger partial charge on any atom is -0.347 e. The fourth-order valence-electron chi connectivity index (χ4n) is 3.90. The van der Waals surface area contributed by atoms with E-state index in [9.17, 15) is 21.6 Å². The van der Waals surface area contributed by atoms with Crippen molar-refractivity contribution in [1.82, 2.24) is 14.3 Å². The average Bonchev–Trinajstić information content (AvgIpc) is 3.50. The van der Waals surface area contributed by atoms with Gasteiger partial charge in [0.15, 0.2) is 0 Å². The molecule has 1 aliphatic carbocycles. The molecule has 2 heterocycles. The van der Waals surface area contributed by atoms with Crippen molar-refractivity contribution in [1.29, 1.82) is 0 Å². The molecular formula is C23H25F4N3O2S. The molecule has 5 nitrogen and oxygen atoms in total. The number of alkyl halides is 3. The van der Waals surface area contributed by atoms with E-state index in [0.29, 0.717) is 42.0 Å². The lowest BCUT2D eigenvalue weighted by Gasteiger charge is -2.20. The molecule has 0 atom stereocenters. The van der Waals surface area contributed by atoms with E-state index in [0.717, 1.165) is 6.07 Å². The van der Waals surface area contributed by atoms with Gasteiger partial charge in [-0.3, -0.25) is 4.98 Å². The number of nitrogens with one attached hydrogen (secondary N) is 1. The van der Waals surface area contributed by atoms with Gasteiger partial charge in [-0.1, -0.05) is 20.8 Å². The zero-order chi connectivity index (χ0) is 24.2. The summed E-state index contributed by atoms with van der Waals surface area (Å²) in [6, 6.07) is 3.74. The third-order valence-corrected chi connectivity index (χ3v) is 7.44. The van der Waals surface area contributed by atoms with Crippen molar-refractivity contribution in [2.75, 3.05) is 0 Å². The smallest absolute Gasteiger partial charge is 0.347 e. The second-order valence-corrected chi connectivity index (χ2v) is 11.7. The molecule has 0 amide bonds. The average molecular weight is 484 g/mol. The highest BCUT2D eigenvalue weighted by molar-refractivity contribution is 7.90. The van der Waals surface area contributed by atoms with Crippen LogP contribution in [0.3, 0.4) is 0 Å². The number of sulfonamides is 1. The topological polar surface area (TPSA) is 64.0 Å². The number of benzene rings is 1. The molecule has 0 saturated heterocycles. The van der Waals surface area contributed by atoms with Crippen molar-refractivity contribution >= 4 is 20.9 Å². The van der Waals surface area contributed by atoms with Crippen LogP contribution in [0.2, 0.25) is 0 Å². The molecule has 0 aliphatic heterocycles. The molecule has 0 bridgehead atoms. The van der Waals surface area contributed by atoms with Gasteiger partial charge in [0.05, 0.1) is 10.8 Å². The molecule has 1 aromatic carbocycles. The van der Waals surface area contributed by atoms with Crippen molar-refractivity contribution in [3.8, 4) is 11.1 Å². The Kier molecular flexibility index (Phi) is 5.81. The lowest BCUT2D eigenvalue weighted by atomic mass is 9.96. The number of rotatable bonds is 6. The highest BCUT2D eigenvalue weighted by Crippen LogP contribution is 2.39. The summed E-state index contributed by atoms with van der Waals surface area (Å²) in [4.78, 5) is 3.55. The number of fused-ring (bicyclic) bond motifs is 1. The second kappa shape index (κ2) is 8.09. The Hall–Kier alpha value is -2.46. The van der Waals surface area contributed by atoms with E-state index in [1.54, 1.807) is 6.20 Å². The standard InChI is InChI=1S/C23H25F4N3O2S/c1-22(2,3)13-30-12-14(10-29-33(31,32)15-4-5-15)17-8-20(24)18(9-21(17)30)16-6-7-28-11-19(16)23(25,26)27/h6-9,11-12,15,29H,4-5,10,13H2,1-3H3. The molecule has 0 unspecified atom stereocenters. The molecule has 0 spiro atoms. The highest BCUT2D eigenvalue weighted by Gasteiger charge is 2.36. The van der Waals surface area contributed by atoms with E-state index in [-0.39, 0.29) is 23.1 Å². The predicted molar refractivity (Wildman–Crippen MR) is 118 cm³/mol. The van der Waals surface area contributed by atoms with Crippen LogP contribution in [0.1, 0.15) is 44.7 Å². The molecular weight excluding hydrogens is 458 g/mol. The Labute approximate surface area is 189 Å². The monoisotopic (exact) mass is 483 g/mol. The van der Waals surface area contributed by atoms with Crippen molar-refractivity contribution < 1.29 is 26.0 Å². The molecule has 0 radical (unpaired) electrons. The van der Waals surface area contributed by atoms with Crippen LogP contribution in [0.25, 0.3) is 22.0 Å². The van der Waals surface area contributed by atoms with E-state index in [1.807, 2.05) is 25.3 Å². The van der Waals surface area contributed by atoms with Crippen LogP contribution in [0.5, 0.6) is 0 Å². The summed E-state index contributed by atoms with van der Waals surface area (Å²) < 4.78 is 84.7. The Morgan fingerprint density at radius 3 is 2.45 bits per heavy atom. The van der Waals surface area contributed by atoms with Gasteiger partial charge in [-0.05, 0) is 47.6 Å². The van der Waals surface area contributed by atoms with Gasteiger partial charge >= 0.3 is 6.18 Å². The van der Waals surface area contributed by atoms with E-state index in [1.165, 1.54) is 18.3 Å². The zero-order valence-corrected chi connectivity index (χ0v) is 19.3. The first-order chi connectivity index (χ1) is 15.3. The van der Waals surface area contributed by atoms with Crippen LogP contribution in [0.15, 0.2) is 36.8 Å². The molecule has 33 heavy (non-hydrogen) atoms. The maximum atomic E-state index is 15.2. The summed E-state index contributed by atoms with van der Waals surface area (Å²) in [5, 5.41) is 0.0675. The van der Waals surface area contributed by atoms with Crippen LogP contribution in [-0.2, 0) is 29.3 Å². The maximum absolute atomic E-state index is 15.2. The summed E-state index contributed by atoms with van der Waals surface area (Å²) in [6.45, 7) is 6.50. The molecule has 1 fully saturated rings. The molecule has 10 heteroatoms. The van der Waals surface area contributed by atoms with E-state index < -0.39 is 32.8 Å². The quantitative estimate of drug-likeness (QED) is 0.472. The van der Waals surface area contributed by atoms with Gasteiger partial charge in [0.25, 0.3) is 0 Å². The van der Waals surface area contributed by atoms with Crippen molar-refractivity contribution in [3.05, 3.63) is 53.7 Å². The van der Waals surface area contributed by atoms with Crippen LogP contribution >= 0.6 is 0 Å². The normalized spacial score (nSPS) is 15.4. The molecule has 178 valence electrons. The number of nitrogens with zero attached hydrogens (tertiary/aromatic N) is 2. The fourth-order valence-corrected chi connectivity index (χ4v) is 5.25. The van der Waals surface area contributed by atoms with Gasteiger partial charge in [-0.2, -0.15) is 13.2 Å². The van der Waals surface area contributed by atoms with Crippen LogP contribution in [-0.4, -0.2) is 23.2 Å². The number of pyridine rings is 1. The summed E-state index contributed by atoms with van der Waals surface area (Å²) in [5.74, 6) is -0.820. The van der Waals surface area contributed by atoms with Gasteiger partial charge < -0.3 is 4.57 Å². The molecule has 1 aliphatic rings. The molecule has 4 rings (SSSR count). The van der Waals surface area contributed by atoms with Gasteiger partial charge in [-0.25, -0.2) is 17.5 Å². The first-order valence-corrected chi connectivity index (χ1v) is 12.1. The molecule has 2 aromatic heterocycles. The van der Waals surface area contributed by atoms with Crippen molar-refractivity contribution in [2.45, 2.75) is 58.1 Å². The number of hydrogen-bond acceptors (Lipinski definition) is 3. The minimum absolute atomic E-state index is 0.0195. The summed E-state index contributed by atoms with van der Waals surface area (Å²) in [7, 11) is -3.45. The first kappa shape index (κ1) is 23.7. The lowest BCUT2D eigenvalue weighted by Crippen LogP contribution is -2.26. The number of hydrogen-bond donors (Lipinski definition) is 1. The van der Waals surface area contributed by atoms with Crippen LogP contribution < -0.4 is 4.72 Å². The van der Waals surface area contributed by atoms with Crippen LogP contribution in [0.4, 0.5) is 17.6 Å². The Balaban J connectivity index is 1.84. The third-order valence-electron chi connectivity index (χ3n) is 5.54. The first-order valence-electron chi connectivity index (χ1n) is 10.6. The van der Waals surface area contributed by atoms with Gasteiger partial charge in [-0.15, -0.1) is 0 Å². The molecule has 1 N–H and O–H groups in total. The van der Waals surface area contributed by atoms with Gasteiger partial charge in [0, 0.05) is 48.1 Å². The van der Waals surface area contributed by atoms with Gasteiger partial charge in [0.1, 0.15) is 5.82 Å². The molecule has 1 saturated carbocycles. The summed E-state index contributed by atoms with van der Waals surface area (Å²) >= 11 is 0.